The summed E-state index contributed by atoms with van der Waals surface area (Å²) < 4.78 is 0. The summed E-state index contributed by atoms with van der Waals surface area (Å²) >= 11 is 0. The van der Waals surface area contributed by atoms with Crippen LogP contribution in [0, 0.1) is 0 Å². The molecule has 4 rings (SSSR count). The minimum Gasteiger partial charge on any atom is -0.399 e. The van der Waals surface area contributed by atoms with Crippen molar-refractivity contribution < 1.29 is 0 Å². The van der Waals surface area contributed by atoms with E-state index in [0.717, 1.165) is 11.7 Å². The predicted molar refractivity (Wildman–Crippen MR) is 82.7 cm³/mol. The van der Waals surface area contributed by atoms with Crippen LogP contribution in [0.2, 0.25) is 0 Å². The summed E-state index contributed by atoms with van der Waals surface area (Å²) in [7, 11) is 0. The molecule has 2 fully saturated rings. The highest BCUT2D eigenvalue weighted by Crippen LogP contribution is 2.34. The molecule has 1 saturated heterocycles. The SMILES string of the molecule is Nc1ccc2c(c1)CCC2NC1CCN(C2CC2)CC1. The molecule has 3 nitrogen and oxygen atoms in total. The van der Waals surface area contributed by atoms with Crippen LogP contribution in [0.3, 0.4) is 0 Å². The standard InChI is InChI=1S/C17H25N3/c18-13-2-5-16-12(11-13)1-6-17(16)19-14-7-9-20(10-8-14)15-3-4-15/h2,5,11,14-15,17,19H,1,3-4,6-10,18H2. The van der Waals surface area contributed by atoms with E-state index < -0.39 is 0 Å². The normalized spacial score (nSPS) is 27.7. The van der Waals surface area contributed by atoms with Crippen LogP contribution in [0.15, 0.2) is 18.2 Å². The van der Waals surface area contributed by atoms with Crippen molar-refractivity contribution >= 4 is 5.69 Å². The molecule has 0 aromatic heterocycles. The summed E-state index contributed by atoms with van der Waals surface area (Å²) in [4.78, 5) is 2.70. The van der Waals surface area contributed by atoms with Gasteiger partial charge in [0.15, 0.2) is 0 Å². The lowest BCUT2D eigenvalue weighted by atomic mass is 10.0. The van der Waals surface area contributed by atoms with Gasteiger partial charge in [0, 0.05) is 23.8 Å². The largest absolute Gasteiger partial charge is 0.399 e. The van der Waals surface area contributed by atoms with Crippen molar-refractivity contribution in [3.8, 4) is 0 Å². The van der Waals surface area contributed by atoms with Gasteiger partial charge in [0.05, 0.1) is 0 Å². The number of hydrogen-bond acceptors (Lipinski definition) is 3. The third kappa shape index (κ3) is 2.45. The molecule has 1 aromatic carbocycles. The fourth-order valence-corrected chi connectivity index (χ4v) is 3.97. The topological polar surface area (TPSA) is 41.3 Å². The molecule has 1 heterocycles. The molecule has 0 spiro atoms. The van der Waals surface area contributed by atoms with Crippen LogP contribution in [0.25, 0.3) is 0 Å². The average molecular weight is 271 g/mol. The van der Waals surface area contributed by atoms with Gasteiger partial charge in [-0.3, -0.25) is 0 Å². The van der Waals surface area contributed by atoms with Crippen LogP contribution in [0.1, 0.15) is 49.3 Å². The molecule has 1 unspecified atom stereocenters. The fourth-order valence-electron chi connectivity index (χ4n) is 3.97. The van der Waals surface area contributed by atoms with Gasteiger partial charge in [-0.05, 0) is 74.9 Å². The number of fused-ring (bicyclic) bond motifs is 1. The van der Waals surface area contributed by atoms with Crippen molar-refractivity contribution in [3.63, 3.8) is 0 Å². The summed E-state index contributed by atoms with van der Waals surface area (Å²) in [6.45, 7) is 2.59. The number of rotatable bonds is 3. The predicted octanol–water partition coefficient (Wildman–Crippen LogP) is 2.47. The van der Waals surface area contributed by atoms with Crippen LogP contribution in [0.5, 0.6) is 0 Å². The van der Waals surface area contributed by atoms with Gasteiger partial charge in [0.1, 0.15) is 0 Å². The van der Waals surface area contributed by atoms with Crippen molar-refractivity contribution in [3.05, 3.63) is 29.3 Å². The summed E-state index contributed by atoms with van der Waals surface area (Å²) in [6.07, 6.45) is 7.93. The molecule has 20 heavy (non-hydrogen) atoms. The number of nitrogens with one attached hydrogen (secondary N) is 1. The lowest BCUT2D eigenvalue weighted by Crippen LogP contribution is -2.44. The molecule has 3 N–H and O–H groups in total. The molecule has 3 aliphatic rings. The van der Waals surface area contributed by atoms with Crippen LogP contribution < -0.4 is 11.1 Å². The highest BCUT2D eigenvalue weighted by atomic mass is 15.2. The lowest BCUT2D eigenvalue weighted by Gasteiger charge is -2.34. The van der Waals surface area contributed by atoms with E-state index in [-0.39, 0.29) is 0 Å². The van der Waals surface area contributed by atoms with Crippen molar-refractivity contribution in [1.29, 1.82) is 0 Å². The summed E-state index contributed by atoms with van der Waals surface area (Å²) in [5.41, 5.74) is 9.73. The van der Waals surface area contributed by atoms with Gasteiger partial charge in [-0.1, -0.05) is 6.07 Å². The molecule has 108 valence electrons. The van der Waals surface area contributed by atoms with E-state index in [1.165, 1.54) is 62.7 Å². The minimum atomic E-state index is 0.558. The molecular formula is C17H25N3. The van der Waals surface area contributed by atoms with Gasteiger partial charge < -0.3 is 16.0 Å². The Balaban J connectivity index is 1.37. The molecule has 0 radical (unpaired) electrons. The van der Waals surface area contributed by atoms with E-state index in [1.807, 2.05) is 0 Å². The number of aryl methyl sites for hydroxylation is 1. The maximum atomic E-state index is 5.88. The van der Waals surface area contributed by atoms with Gasteiger partial charge in [0.25, 0.3) is 0 Å². The molecule has 1 aromatic rings. The lowest BCUT2D eigenvalue weighted by molar-refractivity contribution is 0.183. The Kier molecular flexibility index (Phi) is 3.20. The highest BCUT2D eigenvalue weighted by molar-refractivity contribution is 5.47. The maximum Gasteiger partial charge on any atom is 0.0328 e. The Morgan fingerprint density at radius 3 is 2.60 bits per heavy atom. The monoisotopic (exact) mass is 271 g/mol. The second kappa shape index (κ2) is 5.05. The molecule has 1 aliphatic heterocycles. The van der Waals surface area contributed by atoms with E-state index in [0.29, 0.717) is 12.1 Å². The van der Waals surface area contributed by atoms with E-state index in [4.69, 9.17) is 5.73 Å². The number of benzene rings is 1. The quantitative estimate of drug-likeness (QED) is 0.830. The van der Waals surface area contributed by atoms with E-state index in [1.54, 1.807) is 0 Å². The number of hydrogen-bond donors (Lipinski definition) is 2. The number of anilines is 1. The molecule has 1 saturated carbocycles. The number of nitrogen functional groups attached to an aromatic ring is 1. The second-order valence-electron chi connectivity index (χ2n) is 6.76. The first-order valence-corrected chi connectivity index (χ1v) is 8.18. The highest BCUT2D eigenvalue weighted by Gasteiger charge is 2.33. The van der Waals surface area contributed by atoms with Gasteiger partial charge >= 0.3 is 0 Å². The molecule has 3 heteroatoms. The summed E-state index contributed by atoms with van der Waals surface area (Å²) in [6, 6.07) is 8.64. The van der Waals surface area contributed by atoms with Gasteiger partial charge in [-0.2, -0.15) is 0 Å². The fraction of sp³-hybridized carbons (Fsp3) is 0.647. The zero-order valence-electron chi connectivity index (χ0n) is 12.1. The number of nitrogens with zero attached hydrogens (tertiary/aromatic N) is 1. The first-order chi connectivity index (χ1) is 9.79. The zero-order chi connectivity index (χ0) is 13.5. The van der Waals surface area contributed by atoms with E-state index >= 15 is 0 Å². The van der Waals surface area contributed by atoms with Crippen LogP contribution >= 0.6 is 0 Å². The van der Waals surface area contributed by atoms with E-state index in [9.17, 15) is 0 Å². The molecule has 0 bridgehead atoms. The first kappa shape index (κ1) is 12.7. The van der Waals surface area contributed by atoms with Crippen LogP contribution in [-0.2, 0) is 6.42 Å². The Bertz CT molecular complexity index is 487. The Labute approximate surface area is 121 Å². The number of nitrogens with two attached hydrogens (primary N) is 1. The summed E-state index contributed by atoms with van der Waals surface area (Å²) in [5, 5.41) is 3.91. The Hall–Kier alpha value is -1.06. The summed E-state index contributed by atoms with van der Waals surface area (Å²) in [5.74, 6) is 0. The number of piperidine rings is 1. The first-order valence-electron chi connectivity index (χ1n) is 8.18. The smallest absolute Gasteiger partial charge is 0.0328 e. The molecule has 2 aliphatic carbocycles. The van der Waals surface area contributed by atoms with Crippen molar-refractivity contribution in [1.82, 2.24) is 10.2 Å². The number of likely N-dealkylation sites (tertiary alicyclic amines) is 1. The van der Waals surface area contributed by atoms with E-state index in [2.05, 4.69) is 28.4 Å². The third-order valence-corrected chi connectivity index (χ3v) is 5.27. The Morgan fingerprint density at radius 1 is 1.05 bits per heavy atom. The minimum absolute atomic E-state index is 0.558. The molecule has 1 atom stereocenters. The average Bonchev–Trinajstić information content (AvgIpc) is 3.23. The van der Waals surface area contributed by atoms with Crippen molar-refractivity contribution in [2.24, 2.45) is 0 Å². The van der Waals surface area contributed by atoms with Crippen LogP contribution in [-0.4, -0.2) is 30.1 Å². The second-order valence-corrected chi connectivity index (χ2v) is 6.76. The Morgan fingerprint density at radius 2 is 1.85 bits per heavy atom. The maximum absolute atomic E-state index is 5.88. The van der Waals surface area contributed by atoms with Gasteiger partial charge in [-0.15, -0.1) is 0 Å². The third-order valence-electron chi connectivity index (χ3n) is 5.27. The zero-order valence-corrected chi connectivity index (χ0v) is 12.1. The molecular weight excluding hydrogens is 246 g/mol. The van der Waals surface area contributed by atoms with Gasteiger partial charge in [-0.25, -0.2) is 0 Å². The van der Waals surface area contributed by atoms with Crippen LogP contribution in [0.4, 0.5) is 5.69 Å². The van der Waals surface area contributed by atoms with Crippen molar-refractivity contribution in [2.75, 3.05) is 18.8 Å². The van der Waals surface area contributed by atoms with Crippen molar-refractivity contribution in [2.45, 2.75) is 56.7 Å². The van der Waals surface area contributed by atoms with Gasteiger partial charge in [0.2, 0.25) is 0 Å². The molecule has 0 amide bonds.